The molecule has 1 N–H and O–H groups in total. The fourth-order valence-corrected chi connectivity index (χ4v) is 3.08. The van der Waals surface area contributed by atoms with Gasteiger partial charge in [0.25, 0.3) is 0 Å². The smallest absolute Gasteiger partial charge is 0.196 e. The monoisotopic (exact) mass is 342 g/mol. The second-order valence-electron chi connectivity index (χ2n) is 6.11. The molecule has 24 heavy (non-hydrogen) atoms. The highest BCUT2D eigenvalue weighted by Crippen LogP contribution is 2.40. The van der Waals surface area contributed by atoms with Crippen molar-refractivity contribution in [2.24, 2.45) is 0 Å². The number of aromatic amines is 1. The summed E-state index contributed by atoms with van der Waals surface area (Å²) in [6.07, 6.45) is 0. The van der Waals surface area contributed by atoms with Crippen LogP contribution in [-0.4, -0.2) is 42.9 Å². The molecule has 3 aromatic rings. The summed E-state index contributed by atoms with van der Waals surface area (Å²) in [5.74, 6) is 0.886. The van der Waals surface area contributed by atoms with Gasteiger partial charge in [0.05, 0.1) is 11.3 Å². The summed E-state index contributed by atoms with van der Waals surface area (Å²) in [7, 11) is 4.03. The number of rotatable bonds is 4. The van der Waals surface area contributed by atoms with Crippen LogP contribution in [0.15, 0.2) is 42.5 Å². The lowest BCUT2D eigenvalue weighted by molar-refractivity contribution is 0.104. The van der Waals surface area contributed by atoms with Gasteiger partial charge in [0.2, 0.25) is 0 Å². The number of halogens is 1. The van der Waals surface area contributed by atoms with E-state index in [1.807, 2.05) is 56.6 Å². The summed E-state index contributed by atoms with van der Waals surface area (Å²) in [5.41, 5.74) is 4.41. The van der Waals surface area contributed by atoms with Crippen LogP contribution in [-0.2, 0) is 0 Å². The number of ether oxygens (including phenoxy) is 1. The van der Waals surface area contributed by atoms with Gasteiger partial charge in [-0.2, -0.15) is 0 Å². The van der Waals surface area contributed by atoms with Crippen LogP contribution in [0.1, 0.15) is 15.9 Å². The molecular weight excluding hydrogens is 324 g/mol. The van der Waals surface area contributed by atoms with Gasteiger partial charge in [-0.25, -0.2) is 0 Å². The number of fused-ring (bicyclic) bond motifs is 5. The Balaban J connectivity index is 0.00000169. The van der Waals surface area contributed by atoms with E-state index in [1.165, 1.54) is 0 Å². The van der Waals surface area contributed by atoms with Crippen LogP contribution in [0.4, 0.5) is 0 Å². The molecule has 4 nitrogen and oxygen atoms in total. The molecule has 0 aliphatic heterocycles. The summed E-state index contributed by atoms with van der Waals surface area (Å²) < 4.78 is 5.80. The van der Waals surface area contributed by atoms with E-state index in [9.17, 15) is 4.79 Å². The minimum atomic E-state index is 0. The molecule has 124 valence electrons. The zero-order valence-electron chi connectivity index (χ0n) is 13.6. The molecule has 5 heteroatoms. The van der Waals surface area contributed by atoms with Gasteiger partial charge in [-0.3, -0.25) is 4.79 Å². The molecule has 1 heterocycles. The lowest BCUT2D eigenvalue weighted by atomic mass is 10.1. The van der Waals surface area contributed by atoms with Crippen LogP contribution in [0.5, 0.6) is 5.75 Å². The molecule has 0 unspecified atom stereocenters. The van der Waals surface area contributed by atoms with Crippen LogP contribution in [0.25, 0.3) is 22.2 Å². The number of hydrogen-bond donors (Lipinski definition) is 1. The molecule has 0 atom stereocenters. The van der Waals surface area contributed by atoms with E-state index in [-0.39, 0.29) is 18.2 Å². The Morgan fingerprint density at radius 3 is 2.58 bits per heavy atom. The molecule has 2 aromatic carbocycles. The average Bonchev–Trinajstić information content (AvgIpc) is 3.04. The van der Waals surface area contributed by atoms with Gasteiger partial charge in [0.15, 0.2) is 5.78 Å². The number of ketones is 1. The molecule has 0 radical (unpaired) electrons. The highest BCUT2D eigenvalue weighted by atomic mass is 35.5. The van der Waals surface area contributed by atoms with E-state index >= 15 is 0 Å². The molecule has 0 fully saturated rings. The van der Waals surface area contributed by atoms with E-state index in [4.69, 9.17) is 4.74 Å². The summed E-state index contributed by atoms with van der Waals surface area (Å²) >= 11 is 0. The number of aromatic nitrogens is 1. The minimum Gasteiger partial charge on any atom is -0.492 e. The third-order valence-corrected chi connectivity index (χ3v) is 4.25. The number of hydrogen-bond acceptors (Lipinski definition) is 3. The first-order valence-electron chi connectivity index (χ1n) is 7.72. The fraction of sp³-hybridized carbons (Fsp3) is 0.211. The minimum absolute atomic E-state index is 0. The maximum Gasteiger partial charge on any atom is 0.196 e. The predicted molar refractivity (Wildman–Crippen MR) is 98.5 cm³/mol. The number of nitrogens with zero attached hydrogens (tertiary/aromatic N) is 1. The van der Waals surface area contributed by atoms with Crippen molar-refractivity contribution in [3.05, 3.63) is 53.6 Å². The highest BCUT2D eigenvalue weighted by molar-refractivity contribution is 6.27. The first-order valence-corrected chi connectivity index (χ1v) is 7.72. The largest absolute Gasteiger partial charge is 0.492 e. The van der Waals surface area contributed by atoms with Crippen molar-refractivity contribution in [2.45, 2.75) is 0 Å². The maximum atomic E-state index is 12.7. The average molecular weight is 343 g/mol. The molecular formula is C19H19ClN2O2. The molecule has 4 rings (SSSR count). The fourth-order valence-electron chi connectivity index (χ4n) is 3.08. The third kappa shape index (κ3) is 2.58. The SMILES string of the molecule is CN(C)CCOc1ccc2[nH]c3c(c2c1)C(=O)c1ccccc1-3.Cl. The van der Waals surface area contributed by atoms with E-state index in [0.717, 1.165) is 45.6 Å². The van der Waals surface area contributed by atoms with Gasteiger partial charge >= 0.3 is 0 Å². The number of likely N-dealkylation sites (N-methyl/N-ethyl adjacent to an activating group) is 1. The van der Waals surface area contributed by atoms with Gasteiger partial charge in [0.1, 0.15) is 12.4 Å². The molecule has 1 aliphatic carbocycles. The normalized spacial score (nSPS) is 12.2. The zero-order valence-corrected chi connectivity index (χ0v) is 14.4. The van der Waals surface area contributed by atoms with Crippen molar-refractivity contribution < 1.29 is 9.53 Å². The number of H-pyrrole nitrogens is 1. The summed E-state index contributed by atoms with van der Waals surface area (Å²) in [6.45, 7) is 1.48. The van der Waals surface area contributed by atoms with Crippen molar-refractivity contribution in [1.82, 2.24) is 9.88 Å². The molecule has 0 bridgehead atoms. The van der Waals surface area contributed by atoms with Crippen molar-refractivity contribution >= 4 is 29.1 Å². The zero-order chi connectivity index (χ0) is 16.0. The van der Waals surface area contributed by atoms with E-state index < -0.39 is 0 Å². The Morgan fingerprint density at radius 1 is 1.08 bits per heavy atom. The molecule has 1 aromatic heterocycles. The molecule has 1 aliphatic rings. The standard InChI is InChI=1S/C19H18N2O2.ClH/c1-21(2)9-10-23-12-7-8-16-15(11-12)17-18(20-16)13-5-3-4-6-14(13)19(17)22;/h3-8,11,20H,9-10H2,1-2H3;1H. The van der Waals surface area contributed by atoms with Crippen molar-refractivity contribution in [1.29, 1.82) is 0 Å². The van der Waals surface area contributed by atoms with Crippen LogP contribution in [0.2, 0.25) is 0 Å². The van der Waals surface area contributed by atoms with Crippen LogP contribution in [0.3, 0.4) is 0 Å². The van der Waals surface area contributed by atoms with Gasteiger partial charge in [0, 0.05) is 28.6 Å². The van der Waals surface area contributed by atoms with Crippen molar-refractivity contribution in [3.8, 4) is 17.0 Å². The molecule has 0 amide bonds. The third-order valence-electron chi connectivity index (χ3n) is 4.25. The lowest BCUT2D eigenvalue weighted by Gasteiger charge is -2.11. The van der Waals surface area contributed by atoms with E-state index in [2.05, 4.69) is 9.88 Å². The second-order valence-corrected chi connectivity index (χ2v) is 6.11. The van der Waals surface area contributed by atoms with E-state index in [1.54, 1.807) is 0 Å². The molecule has 0 spiro atoms. The van der Waals surface area contributed by atoms with Crippen molar-refractivity contribution in [3.63, 3.8) is 0 Å². The first-order chi connectivity index (χ1) is 11.1. The first kappa shape index (κ1) is 16.6. The van der Waals surface area contributed by atoms with Gasteiger partial charge in [-0.05, 0) is 32.3 Å². The summed E-state index contributed by atoms with van der Waals surface area (Å²) in [6, 6.07) is 13.6. The Morgan fingerprint density at radius 2 is 1.83 bits per heavy atom. The maximum absolute atomic E-state index is 12.7. The second kappa shape index (κ2) is 6.30. The Labute approximate surface area is 146 Å². The molecule has 0 saturated carbocycles. The highest BCUT2D eigenvalue weighted by Gasteiger charge is 2.30. The van der Waals surface area contributed by atoms with Crippen LogP contribution in [0, 0.1) is 0 Å². The molecule has 0 saturated heterocycles. The van der Waals surface area contributed by atoms with E-state index in [0.29, 0.717) is 6.61 Å². The van der Waals surface area contributed by atoms with Gasteiger partial charge < -0.3 is 14.6 Å². The Bertz CT molecular complexity index is 915. The summed E-state index contributed by atoms with van der Waals surface area (Å²) in [4.78, 5) is 18.2. The van der Waals surface area contributed by atoms with Crippen molar-refractivity contribution in [2.75, 3.05) is 27.2 Å². The lowest BCUT2D eigenvalue weighted by Crippen LogP contribution is -2.19. The number of nitrogens with one attached hydrogen (secondary N) is 1. The number of carbonyl (C=O) groups excluding carboxylic acids is 1. The van der Waals surface area contributed by atoms with Gasteiger partial charge in [-0.1, -0.05) is 24.3 Å². The predicted octanol–water partition coefficient (Wildman–Crippen LogP) is 3.74. The van der Waals surface area contributed by atoms with Crippen LogP contribution < -0.4 is 4.74 Å². The Kier molecular flexibility index (Phi) is 4.35. The van der Waals surface area contributed by atoms with Gasteiger partial charge in [-0.15, -0.1) is 12.4 Å². The quantitative estimate of drug-likeness (QED) is 0.614. The topological polar surface area (TPSA) is 45.3 Å². The Hall–Kier alpha value is -2.30. The summed E-state index contributed by atoms with van der Waals surface area (Å²) in [5, 5.41) is 0.934. The number of benzene rings is 2. The number of carbonyl (C=O) groups is 1. The van der Waals surface area contributed by atoms with Crippen LogP contribution >= 0.6 is 12.4 Å².